The summed E-state index contributed by atoms with van der Waals surface area (Å²) >= 11 is 8.93. The number of fused-ring (bicyclic) bond motifs is 1. The Bertz CT molecular complexity index is 799. The lowest BCUT2D eigenvalue weighted by molar-refractivity contribution is -0.137. The Morgan fingerprint density at radius 1 is 1.26 bits per heavy atom. The minimum absolute atomic E-state index is 0.0824. The number of nitrogens with zero attached hydrogens (tertiary/aromatic N) is 2. The zero-order valence-electron chi connectivity index (χ0n) is 12.6. The molecule has 6 heteroatoms. The van der Waals surface area contributed by atoms with Crippen molar-refractivity contribution in [1.29, 1.82) is 0 Å². The molecule has 1 aromatic heterocycles. The number of carboxylic acid groups (broad SMARTS) is 1. The zero-order chi connectivity index (χ0) is 16.4. The van der Waals surface area contributed by atoms with Crippen molar-refractivity contribution < 1.29 is 9.90 Å². The van der Waals surface area contributed by atoms with Crippen LogP contribution in [-0.2, 0) is 24.2 Å². The van der Waals surface area contributed by atoms with Gasteiger partial charge >= 0.3 is 5.97 Å². The third kappa shape index (κ3) is 3.53. The van der Waals surface area contributed by atoms with Crippen molar-refractivity contribution in [3.63, 3.8) is 0 Å². The zero-order valence-corrected chi connectivity index (χ0v) is 15.0. The molecule has 0 spiro atoms. The highest BCUT2D eigenvalue weighted by Crippen LogP contribution is 2.28. The van der Waals surface area contributed by atoms with E-state index in [1.807, 2.05) is 24.3 Å². The predicted octanol–water partition coefficient (Wildman–Crippen LogP) is 4.40. The molecule has 0 fully saturated rings. The number of carboxylic acids is 1. The molecule has 2 aromatic rings. The van der Waals surface area contributed by atoms with Gasteiger partial charge in [0.05, 0.1) is 6.42 Å². The summed E-state index contributed by atoms with van der Waals surface area (Å²) in [7, 11) is 0. The van der Waals surface area contributed by atoms with E-state index in [-0.39, 0.29) is 6.42 Å². The van der Waals surface area contributed by atoms with Gasteiger partial charge in [0.25, 0.3) is 0 Å². The normalized spacial score (nSPS) is 13.6. The van der Waals surface area contributed by atoms with Crippen molar-refractivity contribution in [1.82, 2.24) is 9.55 Å². The van der Waals surface area contributed by atoms with Crippen molar-refractivity contribution in [2.75, 3.05) is 0 Å². The van der Waals surface area contributed by atoms with Crippen LogP contribution in [0.25, 0.3) is 11.4 Å². The third-order valence-corrected chi connectivity index (χ3v) is 5.00. The van der Waals surface area contributed by atoms with Crippen LogP contribution in [-0.4, -0.2) is 20.6 Å². The van der Waals surface area contributed by atoms with Crippen molar-refractivity contribution in [2.45, 2.75) is 38.6 Å². The van der Waals surface area contributed by atoms with Crippen LogP contribution in [0.5, 0.6) is 0 Å². The molecule has 1 aliphatic carbocycles. The Labute approximate surface area is 148 Å². The van der Waals surface area contributed by atoms with Crippen LogP contribution in [0.1, 0.15) is 30.5 Å². The van der Waals surface area contributed by atoms with Gasteiger partial charge in [-0.3, -0.25) is 4.79 Å². The van der Waals surface area contributed by atoms with Crippen LogP contribution in [0.3, 0.4) is 0 Å². The molecule has 1 aromatic carbocycles. The van der Waals surface area contributed by atoms with Gasteiger partial charge in [0.1, 0.15) is 10.5 Å². The van der Waals surface area contributed by atoms with Crippen LogP contribution >= 0.6 is 28.1 Å². The first-order valence-corrected chi connectivity index (χ1v) is 8.86. The number of aliphatic carboxylic acids is 1. The van der Waals surface area contributed by atoms with Gasteiger partial charge in [0.2, 0.25) is 0 Å². The molecule has 1 heterocycles. The van der Waals surface area contributed by atoms with E-state index >= 15 is 0 Å². The van der Waals surface area contributed by atoms with E-state index in [4.69, 9.17) is 17.3 Å². The summed E-state index contributed by atoms with van der Waals surface area (Å²) in [6, 6.07) is 7.88. The molecule has 1 aliphatic rings. The second-order valence-corrected chi connectivity index (χ2v) is 6.98. The summed E-state index contributed by atoms with van der Waals surface area (Å²) in [6.45, 7) is 0.422. The fourth-order valence-electron chi connectivity index (χ4n) is 3.04. The molecule has 0 unspecified atom stereocenters. The topological polar surface area (TPSA) is 55.1 Å². The number of halogens is 1. The minimum Gasteiger partial charge on any atom is -0.481 e. The average molecular weight is 393 g/mol. The standard InChI is InChI=1S/C17H17BrN2O2S/c18-12-7-5-11(6-8-12)16-19-17(23)13-3-1-2-4-14(13)20(16)10-9-15(21)22/h5-8H,1-4,9-10H2,(H,21,22). The SMILES string of the molecule is O=C(O)CCn1c(-c2ccc(Br)cc2)nc(=S)c2c1CCCC2. The van der Waals surface area contributed by atoms with E-state index in [9.17, 15) is 4.79 Å². The molecule has 0 amide bonds. The molecule has 3 rings (SSSR count). The molecule has 1 N–H and O–H groups in total. The van der Waals surface area contributed by atoms with E-state index in [0.717, 1.165) is 52.8 Å². The lowest BCUT2D eigenvalue weighted by Gasteiger charge is -2.24. The fourth-order valence-corrected chi connectivity index (χ4v) is 3.61. The number of hydrogen-bond acceptors (Lipinski definition) is 3. The first-order valence-electron chi connectivity index (χ1n) is 7.66. The maximum Gasteiger partial charge on any atom is 0.305 e. The molecule has 4 nitrogen and oxygen atoms in total. The summed E-state index contributed by atoms with van der Waals surface area (Å²) < 4.78 is 3.71. The first kappa shape index (κ1) is 16.3. The van der Waals surface area contributed by atoms with Gasteiger partial charge in [0, 0.05) is 27.8 Å². The van der Waals surface area contributed by atoms with Crippen LogP contribution in [0.4, 0.5) is 0 Å². The Balaban J connectivity index is 2.16. The van der Waals surface area contributed by atoms with Crippen molar-refractivity contribution in [2.24, 2.45) is 0 Å². The summed E-state index contributed by atoms with van der Waals surface area (Å²) in [4.78, 5) is 15.7. The molecular formula is C17H17BrN2O2S. The van der Waals surface area contributed by atoms with Gasteiger partial charge in [-0.15, -0.1) is 0 Å². The smallest absolute Gasteiger partial charge is 0.305 e. The van der Waals surface area contributed by atoms with Crippen molar-refractivity contribution >= 4 is 34.1 Å². The van der Waals surface area contributed by atoms with E-state index < -0.39 is 5.97 Å². The maximum atomic E-state index is 11.0. The van der Waals surface area contributed by atoms with Crippen LogP contribution in [0, 0.1) is 4.64 Å². The van der Waals surface area contributed by atoms with Crippen LogP contribution < -0.4 is 0 Å². The van der Waals surface area contributed by atoms with Gasteiger partial charge in [-0.2, -0.15) is 0 Å². The summed E-state index contributed by atoms with van der Waals surface area (Å²) in [6.07, 6.45) is 4.19. The van der Waals surface area contributed by atoms with Crippen molar-refractivity contribution in [3.05, 3.63) is 44.6 Å². The average Bonchev–Trinajstić information content (AvgIpc) is 2.54. The predicted molar refractivity (Wildman–Crippen MR) is 95.1 cm³/mol. The molecule has 23 heavy (non-hydrogen) atoms. The first-order chi connectivity index (χ1) is 11.1. The van der Waals surface area contributed by atoms with Gasteiger partial charge in [-0.25, -0.2) is 4.98 Å². The minimum atomic E-state index is -0.800. The Kier molecular flexibility index (Phi) is 4.92. The largest absolute Gasteiger partial charge is 0.481 e. The quantitative estimate of drug-likeness (QED) is 0.783. The molecule has 0 atom stereocenters. The highest BCUT2D eigenvalue weighted by molar-refractivity contribution is 9.10. The Morgan fingerprint density at radius 3 is 2.65 bits per heavy atom. The Morgan fingerprint density at radius 2 is 1.96 bits per heavy atom. The molecule has 0 bridgehead atoms. The molecule has 0 radical (unpaired) electrons. The third-order valence-electron chi connectivity index (χ3n) is 4.14. The van der Waals surface area contributed by atoms with Crippen LogP contribution in [0.2, 0.25) is 0 Å². The molecule has 120 valence electrons. The second kappa shape index (κ2) is 6.93. The van der Waals surface area contributed by atoms with Gasteiger partial charge in [-0.05, 0) is 37.8 Å². The molecule has 0 aliphatic heterocycles. The van der Waals surface area contributed by atoms with Gasteiger partial charge in [0.15, 0.2) is 0 Å². The van der Waals surface area contributed by atoms with Gasteiger partial charge in [-0.1, -0.05) is 40.3 Å². The molecule has 0 saturated carbocycles. The molecule has 0 saturated heterocycles. The van der Waals surface area contributed by atoms with E-state index in [1.54, 1.807) is 0 Å². The van der Waals surface area contributed by atoms with E-state index in [0.29, 0.717) is 11.2 Å². The molecular weight excluding hydrogens is 376 g/mol. The highest BCUT2D eigenvalue weighted by atomic mass is 79.9. The fraction of sp³-hybridized carbons (Fsp3) is 0.353. The number of benzene rings is 1. The van der Waals surface area contributed by atoms with Crippen molar-refractivity contribution in [3.8, 4) is 11.4 Å². The Hall–Kier alpha value is -1.53. The number of aromatic nitrogens is 2. The second-order valence-electron chi connectivity index (χ2n) is 5.68. The highest BCUT2D eigenvalue weighted by Gasteiger charge is 2.19. The lowest BCUT2D eigenvalue weighted by atomic mass is 9.96. The monoisotopic (exact) mass is 392 g/mol. The van der Waals surface area contributed by atoms with E-state index in [1.165, 1.54) is 0 Å². The maximum absolute atomic E-state index is 11.0. The number of carbonyl (C=O) groups is 1. The number of rotatable bonds is 4. The van der Waals surface area contributed by atoms with E-state index in [2.05, 4.69) is 25.5 Å². The van der Waals surface area contributed by atoms with Gasteiger partial charge < -0.3 is 9.67 Å². The summed E-state index contributed by atoms with van der Waals surface area (Å²) in [5.74, 6) is -0.0318. The summed E-state index contributed by atoms with van der Waals surface area (Å²) in [5, 5.41) is 9.07. The lowest BCUT2D eigenvalue weighted by Crippen LogP contribution is -2.19. The summed E-state index contributed by atoms with van der Waals surface area (Å²) in [5.41, 5.74) is 3.24. The number of hydrogen-bond donors (Lipinski definition) is 1. The van der Waals surface area contributed by atoms with Crippen LogP contribution in [0.15, 0.2) is 28.7 Å².